The third-order valence-corrected chi connectivity index (χ3v) is 11.7. The van der Waals surface area contributed by atoms with E-state index in [-0.39, 0.29) is 24.8 Å². The molecule has 4 aromatic rings. The van der Waals surface area contributed by atoms with Gasteiger partial charge in [-0.1, -0.05) is 0 Å². The van der Waals surface area contributed by atoms with Crippen molar-refractivity contribution in [2.24, 2.45) is 0 Å². The van der Waals surface area contributed by atoms with Crippen molar-refractivity contribution < 1.29 is 48.0 Å². The zero-order valence-electron chi connectivity index (χ0n) is 20.4. The van der Waals surface area contributed by atoms with Gasteiger partial charge in [0.2, 0.25) is 0 Å². The fourth-order valence-corrected chi connectivity index (χ4v) is 10.8. The Morgan fingerprint density at radius 1 is 0.743 bits per heavy atom. The van der Waals surface area contributed by atoms with Crippen LogP contribution in [0.2, 0.25) is 0 Å². The van der Waals surface area contributed by atoms with Crippen molar-refractivity contribution in [3.8, 4) is 0 Å². The number of benzene rings is 2. The largest absolute Gasteiger partial charge is 1.00 e. The molecule has 2 heterocycles. The Morgan fingerprint density at radius 2 is 1.46 bits per heavy atom. The van der Waals surface area contributed by atoms with Crippen LogP contribution in [0.15, 0.2) is 73.2 Å². The van der Waals surface area contributed by atoms with Crippen molar-refractivity contribution in [1.82, 2.24) is 9.13 Å². The molecule has 2 aromatic heterocycles. The van der Waals surface area contributed by atoms with E-state index in [9.17, 15) is 0 Å². The number of hydrogen-bond donors (Lipinski definition) is 0. The van der Waals surface area contributed by atoms with Crippen molar-refractivity contribution in [2.75, 3.05) is 0 Å². The molecule has 2 aliphatic rings. The first-order chi connectivity index (χ1) is 16.0. The molecule has 0 bridgehead atoms. The third-order valence-electron chi connectivity index (χ3n) is 7.17. The SMILES string of the molecule is Cc1cc(C)n(C2=Cc3ccccc3[CH]2[Zr+2][CH]2C(n3cccc3)=Cc3c(C)ccc(C)c32)c1.[Cl-].[Cl-]. The molecule has 0 spiro atoms. The van der Waals surface area contributed by atoms with Crippen LogP contribution >= 0.6 is 0 Å². The molecule has 2 unspecified atom stereocenters. The van der Waals surface area contributed by atoms with E-state index < -0.39 is 23.2 Å². The van der Waals surface area contributed by atoms with Crippen molar-refractivity contribution in [3.63, 3.8) is 0 Å². The molecule has 0 fully saturated rings. The minimum absolute atomic E-state index is 0. The first-order valence-electron chi connectivity index (χ1n) is 11.7. The number of hydrogen-bond acceptors (Lipinski definition) is 0. The van der Waals surface area contributed by atoms with E-state index in [0.29, 0.717) is 7.25 Å². The molecule has 0 aliphatic heterocycles. The van der Waals surface area contributed by atoms with E-state index >= 15 is 0 Å². The molecule has 0 saturated heterocycles. The molecule has 176 valence electrons. The molecule has 2 aromatic carbocycles. The topological polar surface area (TPSA) is 9.86 Å². The maximum Gasteiger partial charge on any atom is -1.00 e. The minimum atomic E-state index is -1.02. The molecular formula is C30H28Cl2N2Zr. The third kappa shape index (κ3) is 4.37. The maximum atomic E-state index is 2.47. The van der Waals surface area contributed by atoms with Crippen LogP contribution in [0.4, 0.5) is 0 Å². The first-order valence-corrected chi connectivity index (χ1v) is 14.5. The quantitative estimate of drug-likeness (QED) is 0.347. The van der Waals surface area contributed by atoms with E-state index in [1.54, 1.807) is 5.56 Å². The summed E-state index contributed by atoms with van der Waals surface area (Å²) in [5, 5.41) is 0. The van der Waals surface area contributed by atoms with Crippen LogP contribution in [-0.4, -0.2) is 9.13 Å². The number of allylic oxidation sites excluding steroid dienone is 2. The Balaban J connectivity index is 0.00000144. The van der Waals surface area contributed by atoms with Gasteiger partial charge in [-0.05, 0) is 0 Å². The smallest absolute Gasteiger partial charge is 1.00 e. The summed E-state index contributed by atoms with van der Waals surface area (Å²) >= 11 is -1.02. The molecule has 0 N–H and O–H groups in total. The van der Waals surface area contributed by atoms with Gasteiger partial charge in [-0.15, -0.1) is 0 Å². The Labute approximate surface area is 232 Å². The molecular weight excluding hydrogens is 550 g/mol. The summed E-state index contributed by atoms with van der Waals surface area (Å²) in [6, 6.07) is 20.3. The molecule has 0 amide bonds. The van der Waals surface area contributed by atoms with Crippen LogP contribution in [0.3, 0.4) is 0 Å². The van der Waals surface area contributed by atoms with Gasteiger partial charge in [-0.2, -0.15) is 0 Å². The summed E-state index contributed by atoms with van der Waals surface area (Å²) in [5.74, 6) is 0. The number of rotatable bonds is 4. The van der Waals surface area contributed by atoms with Crippen molar-refractivity contribution in [3.05, 3.63) is 118 Å². The van der Waals surface area contributed by atoms with Crippen molar-refractivity contribution >= 4 is 23.5 Å². The monoisotopic (exact) mass is 576 g/mol. The number of aromatic nitrogens is 2. The van der Waals surface area contributed by atoms with Crippen LogP contribution in [0, 0.1) is 27.7 Å². The molecule has 5 heteroatoms. The maximum absolute atomic E-state index is 2.47. The summed E-state index contributed by atoms with van der Waals surface area (Å²) in [7, 11) is 0. The van der Waals surface area contributed by atoms with E-state index in [0.717, 1.165) is 0 Å². The Morgan fingerprint density at radius 3 is 2.17 bits per heavy atom. The van der Waals surface area contributed by atoms with Gasteiger partial charge in [0.1, 0.15) is 0 Å². The molecule has 2 nitrogen and oxygen atoms in total. The first kappa shape index (κ1) is 26.0. The van der Waals surface area contributed by atoms with E-state index in [2.05, 4.69) is 122 Å². The zero-order chi connectivity index (χ0) is 22.7. The average molecular weight is 579 g/mol. The normalized spacial score (nSPS) is 17.5. The summed E-state index contributed by atoms with van der Waals surface area (Å²) < 4.78 is 5.86. The van der Waals surface area contributed by atoms with Gasteiger partial charge >= 0.3 is 209 Å². The number of nitrogens with zero attached hydrogens (tertiary/aromatic N) is 2. The predicted octanol–water partition coefficient (Wildman–Crippen LogP) is 1.42. The second kappa shape index (κ2) is 10.1. The molecule has 2 atom stereocenters. The summed E-state index contributed by atoms with van der Waals surface area (Å²) in [5.41, 5.74) is 14.4. The summed E-state index contributed by atoms with van der Waals surface area (Å²) in [4.78, 5) is 0. The second-order valence-corrected chi connectivity index (χ2v) is 13.1. The Bertz CT molecular complexity index is 1440. The van der Waals surface area contributed by atoms with Crippen molar-refractivity contribution in [1.29, 1.82) is 0 Å². The minimum Gasteiger partial charge on any atom is -1.00 e. The van der Waals surface area contributed by atoms with Gasteiger partial charge < -0.3 is 24.8 Å². The standard InChI is InChI=1S/2C15H14N.2ClH.Zr/c1-11-5-6-12(2)15-10-13(9-14(11)15)16-7-3-4-8-16;1-11-7-12(2)16(10-11)15-8-13-5-3-4-6-14(13)9-15;;;/h2*3-10H,1-2H3;2*1H;/q;;;;+2/p-2. The fraction of sp³-hybridized carbons (Fsp3) is 0.200. The van der Waals surface area contributed by atoms with Crippen LogP contribution in [0.25, 0.3) is 23.5 Å². The number of aryl methyl sites for hydroxylation is 4. The molecule has 2 aliphatic carbocycles. The Hall–Kier alpha value is -2.06. The van der Waals surface area contributed by atoms with Crippen LogP contribution in [0.5, 0.6) is 0 Å². The second-order valence-electron chi connectivity index (χ2n) is 9.45. The van der Waals surface area contributed by atoms with Gasteiger partial charge in [-0.25, -0.2) is 0 Å². The molecule has 35 heavy (non-hydrogen) atoms. The van der Waals surface area contributed by atoms with Crippen LogP contribution in [0.1, 0.15) is 51.9 Å². The molecule has 0 saturated carbocycles. The van der Waals surface area contributed by atoms with Crippen molar-refractivity contribution in [2.45, 2.75) is 34.9 Å². The van der Waals surface area contributed by atoms with Crippen LogP contribution < -0.4 is 24.8 Å². The van der Waals surface area contributed by atoms with Gasteiger partial charge in [0, 0.05) is 0 Å². The van der Waals surface area contributed by atoms with E-state index in [1.807, 2.05) is 0 Å². The average Bonchev–Trinajstić information content (AvgIpc) is 3.57. The van der Waals surface area contributed by atoms with Gasteiger partial charge in [0.25, 0.3) is 0 Å². The Kier molecular flexibility index (Phi) is 7.53. The number of halogens is 2. The zero-order valence-corrected chi connectivity index (χ0v) is 24.4. The van der Waals surface area contributed by atoms with Gasteiger partial charge in [-0.3, -0.25) is 0 Å². The molecule has 0 radical (unpaired) electrons. The van der Waals surface area contributed by atoms with Gasteiger partial charge in [0.05, 0.1) is 0 Å². The summed E-state index contributed by atoms with van der Waals surface area (Å²) in [6.07, 6.45) is 11.7. The fourth-order valence-electron chi connectivity index (χ4n) is 5.58. The predicted molar refractivity (Wildman–Crippen MR) is 135 cm³/mol. The summed E-state index contributed by atoms with van der Waals surface area (Å²) in [6.45, 7) is 9.00. The van der Waals surface area contributed by atoms with Crippen LogP contribution in [-0.2, 0) is 23.2 Å². The van der Waals surface area contributed by atoms with Gasteiger partial charge in [0.15, 0.2) is 0 Å². The van der Waals surface area contributed by atoms with E-state index in [1.165, 1.54) is 50.5 Å². The number of fused-ring (bicyclic) bond motifs is 2. The van der Waals surface area contributed by atoms with E-state index in [4.69, 9.17) is 0 Å². The molecule has 6 rings (SSSR count).